The summed E-state index contributed by atoms with van der Waals surface area (Å²) in [5.74, 6) is -0.265. The number of thiophene rings is 1. The molecule has 106 valence electrons. The molecule has 0 radical (unpaired) electrons. The highest BCUT2D eigenvalue weighted by molar-refractivity contribution is 7.09. The third kappa shape index (κ3) is 3.45. The predicted molar refractivity (Wildman–Crippen MR) is 79.1 cm³/mol. The van der Waals surface area contributed by atoms with E-state index in [1.807, 2.05) is 0 Å². The van der Waals surface area contributed by atoms with E-state index in [0.717, 1.165) is 12.1 Å². The first kappa shape index (κ1) is 13.7. The lowest BCUT2D eigenvalue weighted by Crippen LogP contribution is -2.30. The second-order valence-corrected chi connectivity index (χ2v) is 6.34. The summed E-state index contributed by atoms with van der Waals surface area (Å²) in [5, 5.41) is 12.4. The molecule has 2 nitrogen and oxygen atoms in total. The molecule has 1 fully saturated rings. The lowest BCUT2D eigenvalue weighted by molar-refractivity contribution is 0.105. The van der Waals surface area contributed by atoms with E-state index in [-0.39, 0.29) is 5.82 Å². The van der Waals surface area contributed by atoms with E-state index in [9.17, 15) is 9.50 Å². The molecule has 1 unspecified atom stereocenters. The van der Waals surface area contributed by atoms with Crippen molar-refractivity contribution >= 4 is 11.3 Å². The molecule has 0 aliphatic heterocycles. The number of halogens is 1. The normalized spacial score (nSPS) is 16.6. The average Bonchev–Trinajstić information content (AvgIpc) is 3.17. The number of rotatable bonds is 6. The quantitative estimate of drug-likeness (QED) is 0.879. The van der Waals surface area contributed by atoms with Crippen molar-refractivity contribution in [2.75, 3.05) is 6.54 Å². The summed E-state index contributed by atoms with van der Waals surface area (Å²) in [6.45, 7) is 1.49. The van der Waals surface area contributed by atoms with Crippen LogP contribution in [0.1, 0.15) is 29.4 Å². The van der Waals surface area contributed by atoms with Crippen molar-refractivity contribution in [1.29, 1.82) is 0 Å². The van der Waals surface area contributed by atoms with Gasteiger partial charge in [-0.05, 0) is 42.0 Å². The number of nitrogens with zero attached hydrogens (tertiary/aromatic N) is 1. The average molecular weight is 291 g/mol. The Labute approximate surface area is 122 Å². The zero-order valence-electron chi connectivity index (χ0n) is 11.2. The van der Waals surface area contributed by atoms with E-state index in [2.05, 4.69) is 22.4 Å². The van der Waals surface area contributed by atoms with Crippen LogP contribution in [0.2, 0.25) is 0 Å². The Morgan fingerprint density at radius 1 is 1.25 bits per heavy atom. The second kappa shape index (κ2) is 6.04. The summed E-state index contributed by atoms with van der Waals surface area (Å²) in [4.78, 5) is 3.66. The summed E-state index contributed by atoms with van der Waals surface area (Å²) in [5.41, 5.74) is 0.781. The summed E-state index contributed by atoms with van der Waals surface area (Å²) < 4.78 is 12.9. The van der Waals surface area contributed by atoms with Gasteiger partial charge in [0.05, 0.1) is 6.10 Å². The maximum Gasteiger partial charge on any atom is 0.123 e. The lowest BCUT2D eigenvalue weighted by atomic mass is 10.1. The summed E-state index contributed by atoms with van der Waals surface area (Å²) >= 11 is 1.75. The second-order valence-electron chi connectivity index (χ2n) is 5.31. The first-order chi connectivity index (χ1) is 9.72. The van der Waals surface area contributed by atoms with Crippen LogP contribution >= 0.6 is 11.3 Å². The molecule has 1 heterocycles. The van der Waals surface area contributed by atoms with E-state index in [1.54, 1.807) is 23.5 Å². The van der Waals surface area contributed by atoms with E-state index in [4.69, 9.17) is 0 Å². The van der Waals surface area contributed by atoms with Gasteiger partial charge in [0.25, 0.3) is 0 Å². The van der Waals surface area contributed by atoms with Crippen LogP contribution < -0.4 is 0 Å². The van der Waals surface area contributed by atoms with E-state index in [0.29, 0.717) is 12.6 Å². The van der Waals surface area contributed by atoms with Gasteiger partial charge in [-0.15, -0.1) is 11.3 Å². The monoisotopic (exact) mass is 291 g/mol. The largest absolute Gasteiger partial charge is 0.387 e. The van der Waals surface area contributed by atoms with Gasteiger partial charge in [0.15, 0.2) is 0 Å². The van der Waals surface area contributed by atoms with Gasteiger partial charge < -0.3 is 5.11 Å². The molecule has 20 heavy (non-hydrogen) atoms. The standard InChI is InChI=1S/C16H18FNOS/c17-13-5-3-12(4-6-13)16(19)11-18(14-7-8-14)10-15-2-1-9-20-15/h1-6,9,14,16,19H,7-8,10-11H2. The van der Waals surface area contributed by atoms with Gasteiger partial charge in [-0.3, -0.25) is 4.90 Å². The van der Waals surface area contributed by atoms with Crippen LogP contribution in [-0.4, -0.2) is 22.6 Å². The fourth-order valence-electron chi connectivity index (χ4n) is 2.40. The molecule has 1 saturated carbocycles. The highest BCUT2D eigenvalue weighted by Crippen LogP contribution is 2.31. The molecule has 2 aromatic rings. The van der Waals surface area contributed by atoms with Crippen molar-refractivity contribution in [3.63, 3.8) is 0 Å². The summed E-state index contributed by atoms with van der Waals surface area (Å²) in [6, 6.07) is 10.9. The smallest absolute Gasteiger partial charge is 0.123 e. The van der Waals surface area contributed by atoms with Gasteiger partial charge in [0.1, 0.15) is 5.82 Å². The molecule has 3 rings (SSSR count). The van der Waals surface area contributed by atoms with E-state index < -0.39 is 6.10 Å². The Morgan fingerprint density at radius 3 is 2.60 bits per heavy atom. The van der Waals surface area contributed by atoms with Gasteiger partial charge in [-0.25, -0.2) is 4.39 Å². The zero-order chi connectivity index (χ0) is 13.9. The van der Waals surface area contributed by atoms with Crippen LogP contribution in [0.3, 0.4) is 0 Å². The Hall–Kier alpha value is -1.23. The fourth-order valence-corrected chi connectivity index (χ4v) is 3.13. The van der Waals surface area contributed by atoms with Crippen molar-refractivity contribution in [2.24, 2.45) is 0 Å². The molecule has 1 aromatic heterocycles. The van der Waals surface area contributed by atoms with Crippen molar-refractivity contribution in [2.45, 2.75) is 31.5 Å². The van der Waals surface area contributed by atoms with Crippen molar-refractivity contribution < 1.29 is 9.50 Å². The highest BCUT2D eigenvalue weighted by atomic mass is 32.1. The number of aliphatic hydroxyl groups excluding tert-OH is 1. The maximum atomic E-state index is 12.9. The third-order valence-electron chi connectivity index (χ3n) is 3.66. The van der Waals surface area contributed by atoms with Crippen LogP contribution in [-0.2, 0) is 6.54 Å². The van der Waals surface area contributed by atoms with Gasteiger partial charge in [-0.1, -0.05) is 18.2 Å². The highest BCUT2D eigenvalue weighted by Gasteiger charge is 2.30. The van der Waals surface area contributed by atoms with Crippen LogP contribution in [0.15, 0.2) is 41.8 Å². The molecule has 1 aromatic carbocycles. The minimum Gasteiger partial charge on any atom is -0.387 e. The Morgan fingerprint density at radius 2 is 2.00 bits per heavy atom. The number of aliphatic hydroxyl groups is 1. The molecule has 0 saturated heterocycles. The first-order valence-corrected chi connectivity index (χ1v) is 7.80. The molecule has 1 N–H and O–H groups in total. The molecule has 1 atom stereocenters. The van der Waals surface area contributed by atoms with Gasteiger partial charge in [0, 0.05) is 24.0 Å². The Kier molecular flexibility index (Phi) is 4.15. The minimum atomic E-state index is -0.559. The Bertz CT molecular complexity index is 536. The minimum absolute atomic E-state index is 0.265. The summed E-state index contributed by atoms with van der Waals surface area (Å²) in [7, 11) is 0. The van der Waals surface area contributed by atoms with Gasteiger partial charge >= 0.3 is 0 Å². The molecular weight excluding hydrogens is 273 g/mol. The van der Waals surface area contributed by atoms with Crippen molar-refractivity contribution in [3.8, 4) is 0 Å². The molecule has 0 spiro atoms. The number of hydrogen-bond donors (Lipinski definition) is 1. The van der Waals surface area contributed by atoms with Gasteiger partial charge in [-0.2, -0.15) is 0 Å². The zero-order valence-corrected chi connectivity index (χ0v) is 12.0. The molecule has 4 heteroatoms. The predicted octanol–water partition coefficient (Wildman–Crippen LogP) is 3.59. The Balaban J connectivity index is 1.65. The van der Waals surface area contributed by atoms with Crippen LogP contribution in [0.25, 0.3) is 0 Å². The van der Waals surface area contributed by atoms with Crippen LogP contribution in [0, 0.1) is 5.82 Å². The number of benzene rings is 1. The molecule has 0 amide bonds. The van der Waals surface area contributed by atoms with Gasteiger partial charge in [0.2, 0.25) is 0 Å². The SMILES string of the molecule is OC(CN(Cc1cccs1)C1CC1)c1ccc(F)cc1. The van der Waals surface area contributed by atoms with E-state index >= 15 is 0 Å². The summed E-state index contributed by atoms with van der Waals surface area (Å²) in [6.07, 6.45) is 1.86. The molecule has 1 aliphatic carbocycles. The van der Waals surface area contributed by atoms with Crippen LogP contribution in [0.5, 0.6) is 0 Å². The topological polar surface area (TPSA) is 23.5 Å². The maximum absolute atomic E-state index is 12.9. The molecule has 0 bridgehead atoms. The first-order valence-electron chi connectivity index (χ1n) is 6.92. The van der Waals surface area contributed by atoms with Crippen molar-refractivity contribution in [3.05, 3.63) is 58.0 Å². The molecular formula is C16H18FNOS. The van der Waals surface area contributed by atoms with E-state index in [1.165, 1.54) is 29.9 Å². The third-order valence-corrected chi connectivity index (χ3v) is 4.53. The molecule has 1 aliphatic rings. The fraction of sp³-hybridized carbons (Fsp3) is 0.375. The lowest BCUT2D eigenvalue weighted by Gasteiger charge is -2.24. The van der Waals surface area contributed by atoms with Crippen molar-refractivity contribution in [1.82, 2.24) is 4.90 Å². The number of hydrogen-bond acceptors (Lipinski definition) is 3. The van der Waals surface area contributed by atoms with Crippen LogP contribution in [0.4, 0.5) is 4.39 Å².